The molecule has 0 unspecified atom stereocenters. The molecule has 1 aliphatic heterocycles. The van der Waals surface area contributed by atoms with E-state index in [9.17, 15) is 9.90 Å². The third kappa shape index (κ3) is 4.14. The van der Waals surface area contributed by atoms with Crippen molar-refractivity contribution in [3.63, 3.8) is 0 Å². The fourth-order valence-corrected chi connectivity index (χ4v) is 4.33. The van der Waals surface area contributed by atoms with Gasteiger partial charge in [0, 0.05) is 42.0 Å². The van der Waals surface area contributed by atoms with Gasteiger partial charge >= 0.3 is 5.97 Å². The maximum atomic E-state index is 11.7. The van der Waals surface area contributed by atoms with Crippen molar-refractivity contribution in [1.29, 1.82) is 5.26 Å². The van der Waals surface area contributed by atoms with Crippen molar-refractivity contribution in [3.05, 3.63) is 63.3 Å². The highest BCUT2D eigenvalue weighted by atomic mass is 32.1. The molecular formula is C22H20N4O4S. The zero-order valence-electron chi connectivity index (χ0n) is 17.0. The fraction of sp³-hybridized carbons (Fsp3) is 0.273. The fourth-order valence-electron chi connectivity index (χ4n) is 3.49. The second-order valence-electron chi connectivity index (χ2n) is 7.04. The molecule has 1 aromatic carbocycles. The second kappa shape index (κ2) is 8.81. The molecule has 2 aromatic heterocycles. The molecule has 3 heterocycles. The van der Waals surface area contributed by atoms with E-state index in [0.29, 0.717) is 35.7 Å². The number of hydrogen-bond donors (Lipinski definition) is 2. The highest BCUT2D eigenvalue weighted by Gasteiger charge is 2.25. The quantitative estimate of drug-likeness (QED) is 0.543. The molecule has 0 radical (unpaired) electrons. The van der Waals surface area contributed by atoms with Gasteiger partial charge < -0.3 is 19.9 Å². The molecule has 3 aromatic rings. The molecule has 8 nitrogen and oxygen atoms in total. The van der Waals surface area contributed by atoms with Gasteiger partial charge in [0.15, 0.2) is 0 Å². The van der Waals surface area contributed by atoms with Crippen LogP contribution in [-0.2, 0) is 17.9 Å². The minimum atomic E-state index is -0.710. The van der Waals surface area contributed by atoms with Crippen molar-refractivity contribution in [2.24, 2.45) is 0 Å². The first kappa shape index (κ1) is 20.9. The van der Waals surface area contributed by atoms with Crippen LogP contribution < -0.4 is 10.1 Å². The Hall–Kier alpha value is -3.32. The molecule has 4 rings (SSSR count). The van der Waals surface area contributed by atoms with E-state index in [1.807, 2.05) is 13.0 Å². The highest BCUT2D eigenvalue weighted by Crippen LogP contribution is 2.30. The summed E-state index contributed by atoms with van der Waals surface area (Å²) in [7, 11) is 1.51. The molecule has 1 aliphatic rings. The third-order valence-corrected chi connectivity index (χ3v) is 6.20. The Labute approximate surface area is 183 Å². The summed E-state index contributed by atoms with van der Waals surface area (Å²) in [6, 6.07) is 7.23. The van der Waals surface area contributed by atoms with Crippen LogP contribution in [0.5, 0.6) is 5.75 Å². The number of ether oxygens (including phenoxy) is 2. The van der Waals surface area contributed by atoms with Crippen LogP contribution in [0.3, 0.4) is 0 Å². The van der Waals surface area contributed by atoms with E-state index in [2.05, 4.69) is 15.3 Å². The molecule has 9 heteroatoms. The second-order valence-corrected chi connectivity index (χ2v) is 8.16. The number of fused-ring (bicyclic) bond motifs is 1. The van der Waals surface area contributed by atoms with E-state index in [-0.39, 0.29) is 12.6 Å². The van der Waals surface area contributed by atoms with Crippen LogP contribution in [0.2, 0.25) is 0 Å². The van der Waals surface area contributed by atoms with E-state index < -0.39 is 6.10 Å². The van der Waals surface area contributed by atoms with Gasteiger partial charge in [-0.25, -0.2) is 9.78 Å². The Morgan fingerprint density at radius 1 is 1.39 bits per heavy atom. The van der Waals surface area contributed by atoms with E-state index in [0.717, 1.165) is 26.6 Å². The van der Waals surface area contributed by atoms with Crippen molar-refractivity contribution >= 4 is 17.3 Å². The number of thiazole rings is 1. The van der Waals surface area contributed by atoms with Crippen molar-refractivity contribution in [2.75, 3.05) is 13.7 Å². The SMILES string of the molecule is COc1cc(-c2ncc(CNC[C@H](O)c3ccc4c(c3C)COC4=O)s2)ncc1C#N. The summed E-state index contributed by atoms with van der Waals surface area (Å²) in [6.45, 7) is 3.04. The lowest BCUT2D eigenvalue weighted by molar-refractivity contribution is 0.0535. The maximum Gasteiger partial charge on any atom is 0.338 e. The Morgan fingerprint density at radius 2 is 2.23 bits per heavy atom. The van der Waals surface area contributed by atoms with Crippen LogP contribution in [0.15, 0.2) is 30.6 Å². The lowest BCUT2D eigenvalue weighted by atomic mass is 9.95. The lowest BCUT2D eigenvalue weighted by Crippen LogP contribution is -2.21. The van der Waals surface area contributed by atoms with Crippen LogP contribution in [-0.4, -0.2) is 34.7 Å². The third-order valence-electron chi connectivity index (χ3n) is 5.18. The van der Waals surface area contributed by atoms with Crippen LogP contribution >= 0.6 is 11.3 Å². The normalized spacial score (nSPS) is 13.4. The molecular weight excluding hydrogens is 416 g/mol. The number of aliphatic hydroxyl groups excluding tert-OH is 1. The smallest absolute Gasteiger partial charge is 0.338 e. The minimum absolute atomic E-state index is 0.256. The Kier molecular flexibility index (Phi) is 5.95. The molecule has 0 aliphatic carbocycles. The molecule has 0 saturated heterocycles. The van der Waals surface area contributed by atoms with E-state index in [4.69, 9.17) is 14.7 Å². The number of hydrogen-bond acceptors (Lipinski definition) is 9. The van der Waals surface area contributed by atoms with Gasteiger partial charge in [-0.3, -0.25) is 4.98 Å². The van der Waals surface area contributed by atoms with Gasteiger partial charge in [0.2, 0.25) is 0 Å². The number of aromatic nitrogens is 2. The zero-order valence-corrected chi connectivity index (χ0v) is 17.8. The van der Waals surface area contributed by atoms with Gasteiger partial charge in [-0.1, -0.05) is 6.07 Å². The minimum Gasteiger partial charge on any atom is -0.495 e. The van der Waals surface area contributed by atoms with Gasteiger partial charge in [-0.05, 0) is 24.1 Å². The lowest BCUT2D eigenvalue weighted by Gasteiger charge is -2.16. The number of pyridine rings is 1. The van der Waals surface area contributed by atoms with Gasteiger partial charge in [-0.15, -0.1) is 11.3 Å². The van der Waals surface area contributed by atoms with Crippen LogP contribution in [0.4, 0.5) is 0 Å². The number of carbonyl (C=O) groups excluding carboxylic acids is 1. The Bertz CT molecular complexity index is 1180. The van der Waals surface area contributed by atoms with Crippen molar-refractivity contribution in [3.8, 4) is 22.5 Å². The summed E-state index contributed by atoms with van der Waals surface area (Å²) >= 11 is 1.48. The number of nitrogens with zero attached hydrogens (tertiary/aromatic N) is 3. The number of cyclic esters (lactones) is 1. The molecule has 0 bridgehead atoms. The number of nitrogens with one attached hydrogen (secondary N) is 1. The summed E-state index contributed by atoms with van der Waals surface area (Å²) < 4.78 is 10.3. The number of rotatable bonds is 7. The van der Waals surface area contributed by atoms with E-state index in [1.54, 1.807) is 24.4 Å². The monoisotopic (exact) mass is 436 g/mol. The summed E-state index contributed by atoms with van der Waals surface area (Å²) in [5.41, 5.74) is 4.10. The number of benzene rings is 1. The van der Waals surface area contributed by atoms with Crippen molar-refractivity contribution in [1.82, 2.24) is 15.3 Å². The summed E-state index contributed by atoms with van der Waals surface area (Å²) in [6.07, 6.45) is 2.52. The largest absolute Gasteiger partial charge is 0.495 e. The van der Waals surface area contributed by atoms with E-state index >= 15 is 0 Å². The number of carbonyl (C=O) groups is 1. The number of nitriles is 1. The van der Waals surface area contributed by atoms with Gasteiger partial charge in [0.05, 0.1) is 18.8 Å². The predicted molar refractivity (Wildman–Crippen MR) is 114 cm³/mol. The van der Waals surface area contributed by atoms with Gasteiger partial charge in [-0.2, -0.15) is 5.26 Å². The van der Waals surface area contributed by atoms with Crippen LogP contribution in [0.1, 0.15) is 43.6 Å². The van der Waals surface area contributed by atoms with Gasteiger partial charge in [0.1, 0.15) is 34.7 Å². The number of aliphatic hydroxyl groups is 1. The Morgan fingerprint density at radius 3 is 3.00 bits per heavy atom. The number of methoxy groups -OCH3 is 1. The summed E-state index contributed by atoms with van der Waals surface area (Å²) in [5, 5.41) is 23.7. The predicted octanol–water partition coefficient (Wildman–Crippen LogP) is 2.89. The molecule has 1 atom stereocenters. The molecule has 0 saturated carbocycles. The first-order valence-electron chi connectivity index (χ1n) is 9.59. The molecule has 0 fully saturated rings. The molecule has 31 heavy (non-hydrogen) atoms. The van der Waals surface area contributed by atoms with Gasteiger partial charge in [0.25, 0.3) is 0 Å². The van der Waals surface area contributed by atoms with Crippen molar-refractivity contribution < 1.29 is 19.4 Å². The van der Waals surface area contributed by atoms with Crippen LogP contribution in [0.25, 0.3) is 10.7 Å². The standard InChI is InChI=1S/C22H20N4O4S/c1-12-15(3-4-16-17(12)11-30-22(16)28)19(27)10-24-8-14-9-26-21(31-14)18-5-20(29-2)13(6-23)7-25-18/h3-5,7,9,19,24,27H,8,10-11H2,1-2H3/t19-/m0/s1. The molecule has 2 N–H and O–H groups in total. The zero-order chi connectivity index (χ0) is 22.0. The first-order valence-corrected chi connectivity index (χ1v) is 10.4. The number of esters is 1. The van der Waals surface area contributed by atoms with Crippen molar-refractivity contribution in [2.45, 2.75) is 26.2 Å². The average Bonchev–Trinajstić information content (AvgIpc) is 3.41. The molecule has 158 valence electrons. The summed E-state index contributed by atoms with van der Waals surface area (Å²) in [4.78, 5) is 21.3. The summed E-state index contributed by atoms with van der Waals surface area (Å²) in [5.74, 6) is 0.148. The topological polar surface area (TPSA) is 117 Å². The average molecular weight is 436 g/mol. The van der Waals surface area contributed by atoms with E-state index in [1.165, 1.54) is 24.6 Å². The Balaban J connectivity index is 1.39. The first-order chi connectivity index (χ1) is 15.0. The van der Waals surface area contributed by atoms with Crippen LogP contribution in [0, 0.1) is 18.3 Å². The molecule has 0 amide bonds. The maximum absolute atomic E-state index is 11.7. The molecule has 0 spiro atoms. The highest BCUT2D eigenvalue weighted by molar-refractivity contribution is 7.15.